The first kappa shape index (κ1) is 22.0. The third-order valence-corrected chi connectivity index (χ3v) is 5.34. The fourth-order valence-electron chi connectivity index (χ4n) is 3.86. The van der Waals surface area contributed by atoms with E-state index in [1.54, 1.807) is 6.07 Å². The van der Waals surface area contributed by atoms with Crippen LogP contribution in [0, 0.1) is 0 Å². The molecule has 1 N–H and O–H groups in total. The Morgan fingerprint density at radius 3 is 2.41 bits per heavy atom. The first-order chi connectivity index (χ1) is 15.4. The molecule has 3 nitrogen and oxygen atoms in total. The molecular formula is C26H25F3N2O. The van der Waals surface area contributed by atoms with E-state index in [1.165, 1.54) is 17.7 Å². The summed E-state index contributed by atoms with van der Waals surface area (Å²) in [5.74, 6) is 0.802. The average Bonchev–Trinajstić information content (AvgIpc) is 3.11. The maximum absolute atomic E-state index is 13.0. The number of ether oxygens (including phenoxy) is 1. The lowest BCUT2D eigenvalue weighted by molar-refractivity contribution is -0.137. The molecular weight excluding hydrogens is 413 g/mol. The van der Waals surface area contributed by atoms with Crippen LogP contribution in [0.3, 0.4) is 0 Å². The minimum Gasteiger partial charge on any atom is -0.494 e. The normalized spacial score (nSPS) is 11.8. The Balaban J connectivity index is 1.56. The van der Waals surface area contributed by atoms with Gasteiger partial charge in [-0.2, -0.15) is 13.2 Å². The number of alkyl halides is 3. The summed E-state index contributed by atoms with van der Waals surface area (Å²) in [5, 5.41) is 4.37. The minimum absolute atomic E-state index is 0.348. The fourth-order valence-corrected chi connectivity index (χ4v) is 3.86. The van der Waals surface area contributed by atoms with Crippen LogP contribution >= 0.6 is 0 Å². The number of hydrogen-bond donors (Lipinski definition) is 1. The molecule has 0 radical (unpaired) electrons. The molecule has 0 unspecified atom stereocenters. The van der Waals surface area contributed by atoms with Gasteiger partial charge in [-0.3, -0.25) is 0 Å². The summed E-state index contributed by atoms with van der Waals surface area (Å²) >= 11 is 0. The van der Waals surface area contributed by atoms with Crippen molar-refractivity contribution in [3.05, 3.63) is 101 Å². The van der Waals surface area contributed by atoms with Gasteiger partial charge in [0.2, 0.25) is 0 Å². The number of rotatable bonds is 8. The lowest BCUT2D eigenvalue weighted by Crippen LogP contribution is -2.13. The topological polar surface area (TPSA) is 26.2 Å². The highest BCUT2D eigenvalue weighted by Crippen LogP contribution is 2.30. The highest BCUT2D eigenvalue weighted by molar-refractivity contribution is 5.85. The molecule has 4 aromatic rings. The monoisotopic (exact) mass is 438 g/mol. The molecule has 1 aromatic heterocycles. The summed E-state index contributed by atoms with van der Waals surface area (Å²) in [4.78, 5) is 0. The zero-order valence-electron chi connectivity index (χ0n) is 17.8. The van der Waals surface area contributed by atoms with Crippen LogP contribution < -0.4 is 10.1 Å². The van der Waals surface area contributed by atoms with Gasteiger partial charge in [0.15, 0.2) is 0 Å². The molecule has 0 bridgehead atoms. The standard InChI is InChI=1S/C26H25F3N2O/c1-2-32-23-11-12-25-24(14-23)21(18-31(25)17-19-7-4-3-5-8-19)16-30-15-20-9-6-10-22(13-20)26(27,28)29/h3-14,18,30H,2,15-17H2,1H3. The molecule has 166 valence electrons. The summed E-state index contributed by atoms with van der Waals surface area (Å²) < 4.78 is 46.8. The molecule has 0 amide bonds. The van der Waals surface area contributed by atoms with E-state index in [-0.39, 0.29) is 0 Å². The second-order valence-corrected chi connectivity index (χ2v) is 7.68. The van der Waals surface area contributed by atoms with Crippen molar-refractivity contribution in [2.45, 2.75) is 32.7 Å². The van der Waals surface area contributed by atoms with Crippen molar-refractivity contribution in [3.8, 4) is 5.75 Å². The Bertz CT molecular complexity index is 1180. The van der Waals surface area contributed by atoms with Gasteiger partial charge >= 0.3 is 6.18 Å². The van der Waals surface area contributed by atoms with Crippen LogP contribution in [0.5, 0.6) is 5.75 Å². The van der Waals surface area contributed by atoms with E-state index in [9.17, 15) is 13.2 Å². The number of nitrogens with one attached hydrogen (secondary N) is 1. The second-order valence-electron chi connectivity index (χ2n) is 7.68. The molecule has 0 aliphatic carbocycles. The number of fused-ring (bicyclic) bond motifs is 1. The lowest BCUT2D eigenvalue weighted by atomic mass is 10.1. The van der Waals surface area contributed by atoms with Crippen LogP contribution in [0.4, 0.5) is 13.2 Å². The van der Waals surface area contributed by atoms with Gasteiger partial charge < -0.3 is 14.6 Å². The van der Waals surface area contributed by atoms with Crippen molar-refractivity contribution in [2.75, 3.05) is 6.61 Å². The van der Waals surface area contributed by atoms with Crippen molar-refractivity contribution < 1.29 is 17.9 Å². The Morgan fingerprint density at radius 1 is 0.875 bits per heavy atom. The van der Waals surface area contributed by atoms with E-state index < -0.39 is 11.7 Å². The van der Waals surface area contributed by atoms with Gasteiger partial charge in [-0.25, -0.2) is 0 Å². The molecule has 32 heavy (non-hydrogen) atoms. The van der Waals surface area contributed by atoms with E-state index in [0.29, 0.717) is 25.3 Å². The van der Waals surface area contributed by atoms with Crippen LogP contribution in [0.15, 0.2) is 79.0 Å². The van der Waals surface area contributed by atoms with Gasteiger partial charge in [-0.05, 0) is 47.9 Å². The highest BCUT2D eigenvalue weighted by Gasteiger charge is 2.30. The summed E-state index contributed by atoms with van der Waals surface area (Å²) in [7, 11) is 0. The van der Waals surface area contributed by atoms with Gasteiger partial charge in [0.05, 0.1) is 12.2 Å². The first-order valence-corrected chi connectivity index (χ1v) is 10.6. The largest absolute Gasteiger partial charge is 0.494 e. The van der Waals surface area contributed by atoms with Crippen LogP contribution in [-0.4, -0.2) is 11.2 Å². The predicted molar refractivity (Wildman–Crippen MR) is 121 cm³/mol. The molecule has 0 aliphatic heterocycles. The highest BCUT2D eigenvalue weighted by atomic mass is 19.4. The SMILES string of the molecule is CCOc1ccc2c(c1)c(CNCc1cccc(C(F)(F)F)c1)cn2Cc1ccccc1. The van der Waals surface area contributed by atoms with Gasteiger partial charge in [0, 0.05) is 36.7 Å². The van der Waals surface area contributed by atoms with Crippen molar-refractivity contribution >= 4 is 10.9 Å². The summed E-state index contributed by atoms with van der Waals surface area (Å²) in [6.45, 7) is 4.14. The van der Waals surface area contributed by atoms with Crippen molar-refractivity contribution in [1.29, 1.82) is 0 Å². The van der Waals surface area contributed by atoms with E-state index in [1.807, 2.05) is 37.3 Å². The van der Waals surface area contributed by atoms with Crippen molar-refractivity contribution in [1.82, 2.24) is 9.88 Å². The number of benzene rings is 3. The number of halogens is 3. The third kappa shape index (κ3) is 5.14. The minimum atomic E-state index is -4.34. The molecule has 0 atom stereocenters. The first-order valence-electron chi connectivity index (χ1n) is 10.6. The van der Waals surface area contributed by atoms with E-state index in [0.717, 1.165) is 34.8 Å². The fraction of sp³-hybridized carbons (Fsp3) is 0.231. The van der Waals surface area contributed by atoms with E-state index in [2.05, 4.69) is 34.3 Å². The smallest absolute Gasteiger partial charge is 0.416 e. The van der Waals surface area contributed by atoms with Gasteiger partial charge in [0.1, 0.15) is 5.75 Å². The zero-order chi connectivity index (χ0) is 22.6. The number of aromatic nitrogens is 1. The van der Waals surface area contributed by atoms with Crippen molar-refractivity contribution in [2.24, 2.45) is 0 Å². The molecule has 0 saturated carbocycles. The van der Waals surface area contributed by atoms with Gasteiger partial charge in [-0.1, -0.05) is 48.5 Å². The van der Waals surface area contributed by atoms with Crippen LogP contribution in [-0.2, 0) is 25.8 Å². The van der Waals surface area contributed by atoms with Crippen LogP contribution in [0.25, 0.3) is 10.9 Å². The Morgan fingerprint density at radius 2 is 1.66 bits per heavy atom. The Hall–Kier alpha value is -3.25. The van der Waals surface area contributed by atoms with Gasteiger partial charge in [0.25, 0.3) is 0 Å². The summed E-state index contributed by atoms with van der Waals surface area (Å²) in [6, 6.07) is 21.7. The molecule has 6 heteroatoms. The van der Waals surface area contributed by atoms with Crippen LogP contribution in [0.2, 0.25) is 0 Å². The quantitative estimate of drug-likeness (QED) is 0.345. The zero-order valence-corrected chi connectivity index (χ0v) is 17.8. The van der Waals surface area contributed by atoms with E-state index >= 15 is 0 Å². The molecule has 0 saturated heterocycles. The molecule has 0 aliphatic rings. The predicted octanol–water partition coefficient (Wildman–Crippen LogP) is 6.40. The molecule has 4 rings (SSSR count). The molecule has 0 fully saturated rings. The summed E-state index contributed by atoms with van der Waals surface area (Å²) in [6.07, 6.45) is -2.23. The Kier molecular flexibility index (Phi) is 6.51. The van der Waals surface area contributed by atoms with Crippen molar-refractivity contribution in [3.63, 3.8) is 0 Å². The molecule has 3 aromatic carbocycles. The molecule has 0 spiro atoms. The maximum atomic E-state index is 13.0. The van der Waals surface area contributed by atoms with E-state index in [4.69, 9.17) is 4.74 Å². The van der Waals surface area contributed by atoms with Gasteiger partial charge in [-0.15, -0.1) is 0 Å². The average molecular weight is 438 g/mol. The third-order valence-electron chi connectivity index (χ3n) is 5.34. The summed E-state index contributed by atoms with van der Waals surface area (Å²) in [5.41, 5.74) is 3.33. The van der Waals surface area contributed by atoms with Crippen LogP contribution in [0.1, 0.15) is 29.2 Å². The number of hydrogen-bond acceptors (Lipinski definition) is 2. The maximum Gasteiger partial charge on any atom is 0.416 e. The molecule has 1 heterocycles. The second kappa shape index (κ2) is 9.49. The number of nitrogens with zero attached hydrogens (tertiary/aromatic N) is 1. The lowest BCUT2D eigenvalue weighted by Gasteiger charge is -2.09. The Labute approximate surface area is 185 Å².